The molecule has 0 saturated carbocycles. The zero-order valence-corrected chi connectivity index (χ0v) is 14.3. The number of nitrogens with zero attached hydrogens (tertiary/aromatic N) is 1. The second-order valence-electron chi connectivity index (χ2n) is 5.82. The van der Waals surface area contributed by atoms with Crippen molar-refractivity contribution in [1.29, 1.82) is 0 Å². The predicted octanol–water partition coefficient (Wildman–Crippen LogP) is 2.19. The van der Waals surface area contributed by atoms with Crippen molar-refractivity contribution >= 4 is 11.9 Å². The molecule has 0 radical (unpaired) electrons. The summed E-state index contributed by atoms with van der Waals surface area (Å²) in [5.74, 6) is 0.326. The van der Waals surface area contributed by atoms with Gasteiger partial charge in [0, 0.05) is 13.6 Å². The van der Waals surface area contributed by atoms with Crippen LogP contribution in [0, 0.1) is 0 Å². The quantitative estimate of drug-likeness (QED) is 0.853. The molecule has 1 aliphatic rings. The van der Waals surface area contributed by atoms with E-state index in [-0.39, 0.29) is 12.5 Å². The molecule has 3 rings (SSSR count). The second-order valence-corrected chi connectivity index (χ2v) is 5.82. The number of fused-ring (bicyclic) bond motifs is 1. The number of benzene rings is 2. The van der Waals surface area contributed by atoms with Gasteiger partial charge in [-0.2, -0.15) is 0 Å². The lowest BCUT2D eigenvalue weighted by Crippen LogP contribution is -2.28. The van der Waals surface area contributed by atoms with Crippen LogP contribution in [0.4, 0.5) is 0 Å². The lowest BCUT2D eigenvalue weighted by atomic mass is 10.1. The van der Waals surface area contributed by atoms with E-state index in [0.29, 0.717) is 42.6 Å². The Labute approximate surface area is 150 Å². The highest BCUT2D eigenvalue weighted by Crippen LogP contribution is 2.34. The normalized spacial score (nSPS) is 12.3. The second kappa shape index (κ2) is 7.77. The number of ether oxygens (including phenoxy) is 3. The fourth-order valence-corrected chi connectivity index (χ4v) is 2.63. The van der Waals surface area contributed by atoms with Gasteiger partial charge in [0.15, 0.2) is 18.1 Å². The standard InChI is InChI=1S/C19H19NO6/c1-20(11-13-5-7-14(8-6-13)26-12-17(21)22)19(23)15-3-2-4-16-18(15)25-10-9-24-16/h2-8H,9-12H2,1H3,(H,21,22). The number of hydrogen-bond donors (Lipinski definition) is 1. The highest BCUT2D eigenvalue weighted by molar-refractivity contribution is 5.97. The molecule has 1 N–H and O–H groups in total. The molecule has 0 bridgehead atoms. The largest absolute Gasteiger partial charge is 0.486 e. The van der Waals surface area contributed by atoms with E-state index >= 15 is 0 Å². The van der Waals surface area contributed by atoms with E-state index in [4.69, 9.17) is 19.3 Å². The summed E-state index contributed by atoms with van der Waals surface area (Å²) < 4.78 is 16.2. The lowest BCUT2D eigenvalue weighted by Gasteiger charge is -2.23. The zero-order valence-electron chi connectivity index (χ0n) is 14.3. The highest BCUT2D eigenvalue weighted by Gasteiger charge is 2.22. The van der Waals surface area contributed by atoms with Gasteiger partial charge in [-0.3, -0.25) is 4.79 Å². The van der Waals surface area contributed by atoms with Crippen LogP contribution in [0.3, 0.4) is 0 Å². The number of amides is 1. The molecule has 26 heavy (non-hydrogen) atoms. The molecule has 7 nitrogen and oxygen atoms in total. The van der Waals surface area contributed by atoms with Crippen LogP contribution >= 0.6 is 0 Å². The fourth-order valence-electron chi connectivity index (χ4n) is 2.63. The first-order valence-electron chi connectivity index (χ1n) is 8.12. The maximum atomic E-state index is 12.8. The molecule has 1 amide bonds. The van der Waals surface area contributed by atoms with Crippen LogP contribution in [0.2, 0.25) is 0 Å². The summed E-state index contributed by atoms with van der Waals surface area (Å²) >= 11 is 0. The van der Waals surface area contributed by atoms with Crippen LogP contribution in [0.25, 0.3) is 0 Å². The molecule has 0 aromatic heterocycles. The zero-order chi connectivity index (χ0) is 18.5. The summed E-state index contributed by atoms with van der Waals surface area (Å²) in [5, 5.41) is 8.61. The van der Waals surface area contributed by atoms with Crippen molar-refractivity contribution in [3.8, 4) is 17.2 Å². The first kappa shape index (κ1) is 17.6. The molecule has 0 aliphatic carbocycles. The molecule has 0 saturated heterocycles. The summed E-state index contributed by atoms with van der Waals surface area (Å²) in [6.07, 6.45) is 0. The molecule has 1 aliphatic heterocycles. The van der Waals surface area contributed by atoms with E-state index in [1.807, 2.05) is 0 Å². The Kier molecular flexibility index (Phi) is 5.26. The topological polar surface area (TPSA) is 85.3 Å². The van der Waals surface area contributed by atoms with E-state index < -0.39 is 5.97 Å². The van der Waals surface area contributed by atoms with E-state index in [9.17, 15) is 9.59 Å². The molecule has 1 heterocycles. The third-order valence-corrected chi connectivity index (χ3v) is 3.85. The van der Waals surface area contributed by atoms with Crippen LogP contribution in [0.1, 0.15) is 15.9 Å². The highest BCUT2D eigenvalue weighted by atomic mass is 16.6. The molecule has 0 unspecified atom stereocenters. The van der Waals surface area contributed by atoms with Crippen LogP contribution in [-0.2, 0) is 11.3 Å². The maximum Gasteiger partial charge on any atom is 0.341 e. The van der Waals surface area contributed by atoms with Crippen molar-refractivity contribution in [2.45, 2.75) is 6.54 Å². The number of carbonyl (C=O) groups is 2. The summed E-state index contributed by atoms with van der Waals surface area (Å²) in [5.41, 5.74) is 1.36. The maximum absolute atomic E-state index is 12.8. The summed E-state index contributed by atoms with van der Waals surface area (Å²) in [6.45, 7) is 0.886. The molecule has 7 heteroatoms. The average Bonchev–Trinajstić information content (AvgIpc) is 2.66. The van der Waals surface area contributed by atoms with Gasteiger partial charge in [0.1, 0.15) is 19.0 Å². The first-order chi connectivity index (χ1) is 12.5. The third kappa shape index (κ3) is 4.05. The number of hydrogen-bond acceptors (Lipinski definition) is 5. The van der Waals surface area contributed by atoms with Crippen LogP contribution in [-0.4, -0.2) is 48.8 Å². The average molecular weight is 357 g/mol. The van der Waals surface area contributed by atoms with E-state index in [1.165, 1.54) is 0 Å². The van der Waals surface area contributed by atoms with Gasteiger partial charge in [-0.15, -0.1) is 0 Å². The number of carbonyl (C=O) groups excluding carboxylic acids is 1. The Bertz CT molecular complexity index is 802. The van der Waals surface area contributed by atoms with Gasteiger partial charge in [0.05, 0.1) is 5.56 Å². The first-order valence-corrected chi connectivity index (χ1v) is 8.12. The molecule has 136 valence electrons. The molecular formula is C19H19NO6. The Hall–Kier alpha value is -3.22. The number of carboxylic acid groups (broad SMARTS) is 1. The summed E-state index contributed by atoms with van der Waals surface area (Å²) in [7, 11) is 1.71. The minimum atomic E-state index is -1.03. The van der Waals surface area contributed by atoms with Gasteiger partial charge in [-0.25, -0.2) is 4.79 Å². The van der Waals surface area contributed by atoms with Gasteiger partial charge in [0.25, 0.3) is 5.91 Å². The van der Waals surface area contributed by atoms with Crippen molar-refractivity contribution < 1.29 is 28.9 Å². The van der Waals surface area contributed by atoms with Crippen LogP contribution in [0.5, 0.6) is 17.2 Å². The van der Waals surface area contributed by atoms with Crippen molar-refractivity contribution in [2.75, 3.05) is 26.9 Å². The monoisotopic (exact) mass is 357 g/mol. The van der Waals surface area contributed by atoms with E-state index in [2.05, 4.69) is 0 Å². The van der Waals surface area contributed by atoms with Gasteiger partial charge < -0.3 is 24.2 Å². The van der Waals surface area contributed by atoms with E-state index in [0.717, 1.165) is 5.56 Å². The number of para-hydroxylation sites is 1. The van der Waals surface area contributed by atoms with Gasteiger partial charge in [0.2, 0.25) is 0 Å². The minimum absolute atomic E-state index is 0.168. The van der Waals surface area contributed by atoms with Crippen LogP contribution in [0.15, 0.2) is 42.5 Å². The molecule has 0 spiro atoms. The minimum Gasteiger partial charge on any atom is -0.486 e. The van der Waals surface area contributed by atoms with Crippen molar-refractivity contribution in [3.05, 3.63) is 53.6 Å². The molecule has 0 atom stereocenters. The fraction of sp³-hybridized carbons (Fsp3) is 0.263. The molecule has 0 fully saturated rings. The Morgan fingerprint density at radius 3 is 2.58 bits per heavy atom. The van der Waals surface area contributed by atoms with E-state index in [1.54, 1.807) is 54.4 Å². The lowest BCUT2D eigenvalue weighted by molar-refractivity contribution is -0.139. The predicted molar refractivity (Wildman–Crippen MR) is 92.8 cm³/mol. The van der Waals surface area contributed by atoms with Gasteiger partial charge >= 0.3 is 5.97 Å². The Balaban J connectivity index is 1.67. The molecule has 2 aromatic carbocycles. The Morgan fingerprint density at radius 2 is 1.85 bits per heavy atom. The van der Waals surface area contributed by atoms with Crippen LogP contribution < -0.4 is 14.2 Å². The molecule has 2 aromatic rings. The SMILES string of the molecule is CN(Cc1ccc(OCC(=O)O)cc1)C(=O)c1cccc2c1OCCO2. The summed E-state index contributed by atoms with van der Waals surface area (Å²) in [6, 6.07) is 12.2. The molecular weight excluding hydrogens is 338 g/mol. The van der Waals surface area contributed by atoms with Crippen molar-refractivity contribution in [1.82, 2.24) is 4.90 Å². The smallest absolute Gasteiger partial charge is 0.341 e. The summed E-state index contributed by atoms with van der Waals surface area (Å²) in [4.78, 5) is 24.9. The van der Waals surface area contributed by atoms with Gasteiger partial charge in [-0.05, 0) is 29.8 Å². The van der Waals surface area contributed by atoms with Gasteiger partial charge in [-0.1, -0.05) is 18.2 Å². The number of aliphatic carboxylic acids is 1. The Morgan fingerprint density at radius 1 is 1.12 bits per heavy atom. The number of carboxylic acids is 1. The van der Waals surface area contributed by atoms with Crippen molar-refractivity contribution in [2.24, 2.45) is 0 Å². The third-order valence-electron chi connectivity index (χ3n) is 3.85. The van der Waals surface area contributed by atoms with Crippen molar-refractivity contribution in [3.63, 3.8) is 0 Å². The number of rotatable bonds is 6.